The highest BCUT2D eigenvalue weighted by molar-refractivity contribution is 5.93. The Morgan fingerprint density at radius 2 is 1.71 bits per heavy atom. The van der Waals surface area contributed by atoms with Gasteiger partial charge in [0.15, 0.2) is 17.3 Å². The number of nitrogens with zero attached hydrogens (tertiary/aromatic N) is 3. The Labute approximate surface area is 232 Å². The third-order valence-corrected chi connectivity index (χ3v) is 6.06. The van der Waals surface area contributed by atoms with Crippen LogP contribution in [0.25, 0.3) is 0 Å². The van der Waals surface area contributed by atoms with Crippen LogP contribution in [0.3, 0.4) is 0 Å². The van der Waals surface area contributed by atoms with E-state index in [2.05, 4.69) is 15.6 Å². The number of halogens is 6. The molecule has 1 atom stereocenters. The third kappa shape index (κ3) is 8.13. The van der Waals surface area contributed by atoms with Crippen LogP contribution in [0.5, 0.6) is 0 Å². The molecule has 1 aliphatic rings. The van der Waals surface area contributed by atoms with Crippen LogP contribution < -0.4 is 10.6 Å². The van der Waals surface area contributed by atoms with Crippen molar-refractivity contribution in [3.63, 3.8) is 0 Å². The average molecular weight is 592 g/mol. The maximum absolute atomic E-state index is 14.4. The number of aromatic nitrogens is 2. The summed E-state index contributed by atoms with van der Waals surface area (Å²) in [5, 5.41) is 4.91. The zero-order valence-electron chi connectivity index (χ0n) is 22.9. The fourth-order valence-corrected chi connectivity index (χ4v) is 4.28. The first-order valence-corrected chi connectivity index (χ1v) is 12.9. The van der Waals surface area contributed by atoms with Crippen molar-refractivity contribution >= 4 is 17.9 Å². The van der Waals surface area contributed by atoms with E-state index in [1.165, 1.54) is 4.90 Å². The Morgan fingerprint density at radius 1 is 1.05 bits per heavy atom. The molecular weight excluding hydrogens is 560 g/mol. The number of carbonyl (C=O) groups excluding carboxylic acids is 3. The van der Waals surface area contributed by atoms with Gasteiger partial charge in [-0.2, -0.15) is 13.2 Å². The lowest BCUT2D eigenvalue weighted by atomic mass is 10.0. The average Bonchev–Trinajstić information content (AvgIpc) is 3.24. The van der Waals surface area contributed by atoms with Crippen molar-refractivity contribution in [1.82, 2.24) is 25.1 Å². The fourth-order valence-electron chi connectivity index (χ4n) is 4.28. The monoisotopic (exact) mass is 591 g/mol. The van der Waals surface area contributed by atoms with Crippen molar-refractivity contribution < 1.29 is 45.5 Å². The number of alkyl carbamates (subject to hydrolysis) is 1. The van der Waals surface area contributed by atoms with E-state index < -0.39 is 84.1 Å². The number of carbonyl (C=O) groups is 3. The van der Waals surface area contributed by atoms with Crippen molar-refractivity contribution in [3.8, 4) is 0 Å². The summed E-state index contributed by atoms with van der Waals surface area (Å²) in [5.74, 6) is -6.59. The number of rotatable bonds is 8. The predicted octanol–water partition coefficient (Wildman–Crippen LogP) is 4.33. The first-order chi connectivity index (χ1) is 19.0. The number of ether oxygens (including phenoxy) is 1. The van der Waals surface area contributed by atoms with Gasteiger partial charge in [-0.3, -0.25) is 9.59 Å². The highest BCUT2D eigenvalue weighted by Gasteiger charge is 2.42. The predicted molar refractivity (Wildman–Crippen MR) is 133 cm³/mol. The highest BCUT2D eigenvalue weighted by atomic mass is 19.4. The van der Waals surface area contributed by atoms with E-state index in [1.807, 2.05) is 0 Å². The molecule has 1 aromatic heterocycles. The molecule has 2 heterocycles. The molecule has 1 aliphatic heterocycles. The Kier molecular flexibility index (Phi) is 9.59. The molecule has 2 aromatic rings. The lowest BCUT2D eigenvalue weighted by molar-refractivity contribution is -0.148. The topological polar surface area (TPSA) is 106 Å². The Hall–Kier alpha value is -3.78. The van der Waals surface area contributed by atoms with Crippen LogP contribution in [-0.4, -0.2) is 57.1 Å². The quantitative estimate of drug-likeness (QED) is 0.352. The Bertz CT molecular complexity index is 1300. The maximum Gasteiger partial charge on any atom is 0.449 e. The van der Waals surface area contributed by atoms with Crippen LogP contribution in [0.1, 0.15) is 68.1 Å². The molecule has 3 rings (SSSR count). The molecule has 1 aromatic carbocycles. The first kappa shape index (κ1) is 31.7. The molecule has 15 heteroatoms. The number of alkyl halides is 3. The van der Waals surface area contributed by atoms with Crippen LogP contribution >= 0.6 is 0 Å². The molecule has 0 bridgehead atoms. The minimum atomic E-state index is -4.85. The number of hydrogen-bond acceptors (Lipinski definition) is 5. The van der Waals surface area contributed by atoms with E-state index >= 15 is 0 Å². The second kappa shape index (κ2) is 12.4. The van der Waals surface area contributed by atoms with Crippen molar-refractivity contribution in [2.75, 3.05) is 13.1 Å². The minimum Gasteiger partial charge on any atom is -0.444 e. The van der Waals surface area contributed by atoms with Crippen molar-refractivity contribution in [2.24, 2.45) is 0 Å². The molecule has 0 unspecified atom stereocenters. The van der Waals surface area contributed by atoms with Crippen LogP contribution in [-0.2, 0) is 35.2 Å². The zero-order chi connectivity index (χ0) is 30.7. The highest BCUT2D eigenvalue weighted by Crippen LogP contribution is 2.32. The molecular formula is C26H31F6N5O4. The van der Waals surface area contributed by atoms with Crippen LogP contribution in [0, 0.1) is 17.5 Å². The molecule has 41 heavy (non-hydrogen) atoms. The van der Waals surface area contributed by atoms with Gasteiger partial charge in [0.25, 0.3) is 5.91 Å². The van der Waals surface area contributed by atoms with Gasteiger partial charge in [-0.1, -0.05) is 6.92 Å². The first-order valence-electron chi connectivity index (χ1n) is 12.9. The standard InChI is InChI=1S/C26H31F6N5O4/c1-5-6-33-22(39)21-19-13-36(7-8-37(19)23(35-21)26(30,31)32)20(38)11-15(34-24(40)41-25(2,3)4)9-14-10-17(28)18(29)12-16(14)27/h10,12,15H,5-9,11,13H2,1-4H3,(H,33,39)(H,34,40)/t15-/m1/s1. The maximum atomic E-state index is 14.4. The number of hydrogen-bond donors (Lipinski definition) is 2. The van der Waals surface area contributed by atoms with Gasteiger partial charge in [-0.05, 0) is 45.2 Å². The van der Waals surface area contributed by atoms with Gasteiger partial charge >= 0.3 is 12.3 Å². The van der Waals surface area contributed by atoms with Crippen LogP contribution in [0.4, 0.5) is 31.1 Å². The summed E-state index contributed by atoms with van der Waals surface area (Å²) in [6.07, 6.45) is -6.19. The van der Waals surface area contributed by atoms with Crippen molar-refractivity contribution in [2.45, 2.75) is 77.9 Å². The van der Waals surface area contributed by atoms with Crippen LogP contribution in [0.15, 0.2) is 12.1 Å². The van der Waals surface area contributed by atoms with Gasteiger partial charge in [0, 0.05) is 38.2 Å². The summed E-state index contributed by atoms with van der Waals surface area (Å²) in [4.78, 5) is 43.0. The van der Waals surface area contributed by atoms with Gasteiger partial charge in [-0.15, -0.1) is 0 Å². The van der Waals surface area contributed by atoms with Crippen LogP contribution in [0.2, 0.25) is 0 Å². The number of fused-ring (bicyclic) bond motifs is 1. The van der Waals surface area contributed by atoms with E-state index in [1.54, 1.807) is 27.7 Å². The number of amides is 3. The molecule has 2 N–H and O–H groups in total. The molecule has 3 amide bonds. The molecule has 0 spiro atoms. The Morgan fingerprint density at radius 3 is 2.32 bits per heavy atom. The minimum absolute atomic E-state index is 0.117. The van der Waals surface area contributed by atoms with E-state index in [4.69, 9.17) is 4.74 Å². The summed E-state index contributed by atoms with van der Waals surface area (Å²) in [5.41, 5.74) is -1.83. The summed E-state index contributed by atoms with van der Waals surface area (Å²) in [7, 11) is 0. The summed E-state index contributed by atoms with van der Waals surface area (Å²) in [6.45, 7) is 5.83. The summed E-state index contributed by atoms with van der Waals surface area (Å²) in [6, 6.07) is -0.216. The molecule has 0 saturated carbocycles. The lowest BCUT2D eigenvalue weighted by Crippen LogP contribution is -2.46. The van der Waals surface area contributed by atoms with Gasteiger partial charge in [0.1, 0.15) is 11.4 Å². The van der Waals surface area contributed by atoms with Gasteiger partial charge in [-0.25, -0.2) is 22.9 Å². The molecule has 0 aliphatic carbocycles. The number of benzene rings is 1. The second-order valence-corrected chi connectivity index (χ2v) is 10.6. The van der Waals surface area contributed by atoms with E-state index in [0.717, 1.165) is 4.57 Å². The van der Waals surface area contributed by atoms with E-state index in [0.29, 0.717) is 18.6 Å². The van der Waals surface area contributed by atoms with Gasteiger partial charge < -0.3 is 24.8 Å². The van der Waals surface area contributed by atoms with Gasteiger partial charge in [0.2, 0.25) is 11.7 Å². The zero-order valence-corrected chi connectivity index (χ0v) is 22.9. The second-order valence-electron chi connectivity index (χ2n) is 10.6. The molecule has 226 valence electrons. The number of imidazole rings is 1. The molecule has 0 radical (unpaired) electrons. The largest absolute Gasteiger partial charge is 0.449 e. The van der Waals surface area contributed by atoms with E-state index in [-0.39, 0.29) is 30.9 Å². The van der Waals surface area contributed by atoms with Crippen molar-refractivity contribution in [1.29, 1.82) is 0 Å². The summed E-state index contributed by atoms with van der Waals surface area (Å²) >= 11 is 0. The lowest BCUT2D eigenvalue weighted by Gasteiger charge is -2.31. The number of nitrogens with one attached hydrogen (secondary N) is 2. The molecule has 0 saturated heterocycles. The molecule has 9 nitrogen and oxygen atoms in total. The normalized spacial score (nSPS) is 14.3. The van der Waals surface area contributed by atoms with Crippen molar-refractivity contribution in [3.05, 3.63) is 52.4 Å². The van der Waals surface area contributed by atoms with Gasteiger partial charge in [0.05, 0.1) is 12.2 Å². The van der Waals surface area contributed by atoms with E-state index in [9.17, 15) is 40.7 Å². The Balaban J connectivity index is 1.86. The smallest absolute Gasteiger partial charge is 0.444 e. The third-order valence-electron chi connectivity index (χ3n) is 6.06. The molecule has 0 fully saturated rings. The summed E-state index contributed by atoms with van der Waals surface area (Å²) < 4.78 is 88.6. The fraction of sp³-hybridized carbons (Fsp3) is 0.538. The SMILES string of the molecule is CCCNC(=O)c1nc(C(F)(F)F)n2c1CN(C(=O)C[C@@H](Cc1cc(F)c(F)cc1F)NC(=O)OC(C)(C)C)CC2.